The summed E-state index contributed by atoms with van der Waals surface area (Å²) < 4.78 is 5.48. The molecule has 0 amide bonds. The zero-order chi connectivity index (χ0) is 14.7. The molecule has 0 atom stereocenters. The lowest BCUT2D eigenvalue weighted by atomic mass is 9.99. The van der Waals surface area contributed by atoms with Crippen LogP contribution in [0, 0.1) is 6.92 Å². The fourth-order valence-electron chi connectivity index (χ4n) is 2.59. The highest BCUT2D eigenvalue weighted by Gasteiger charge is 2.13. The second-order valence-corrected chi connectivity index (χ2v) is 5.10. The second kappa shape index (κ2) is 6.10. The Hall–Kier alpha value is -2.14. The van der Waals surface area contributed by atoms with E-state index in [0.717, 1.165) is 30.9 Å². The highest BCUT2D eigenvalue weighted by atomic mass is 16.5. The van der Waals surface area contributed by atoms with Gasteiger partial charge in [0.05, 0.1) is 6.61 Å². The van der Waals surface area contributed by atoms with Gasteiger partial charge in [-0.15, -0.1) is 0 Å². The SMILES string of the molecule is CCOc1cc(C)nc(Nc2cccc3c2CCNC3)n1. The Kier molecular flexibility index (Phi) is 4.01. The third kappa shape index (κ3) is 3.13. The van der Waals surface area contributed by atoms with Crippen LogP contribution in [0.15, 0.2) is 24.3 Å². The van der Waals surface area contributed by atoms with Crippen LogP contribution < -0.4 is 15.4 Å². The molecular weight excluding hydrogens is 264 g/mol. The largest absolute Gasteiger partial charge is 0.478 e. The molecule has 2 heterocycles. The topological polar surface area (TPSA) is 59.1 Å². The molecule has 0 aliphatic carbocycles. The Morgan fingerprint density at radius 1 is 1.33 bits per heavy atom. The van der Waals surface area contributed by atoms with Gasteiger partial charge in [-0.05, 0) is 44.0 Å². The van der Waals surface area contributed by atoms with Crippen LogP contribution in [0.5, 0.6) is 5.88 Å². The molecule has 2 N–H and O–H groups in total. The van der Waals surface area contributed by atoms with Gasteiger partial charge in [-0.3, -0.25) is 0 Å². The number of ether oxygens (including phenoxy) is 1. The first kappa shape index (κ1) is 13.8. The summed E-state index contributed by atoms with van der Waals surface area (Å²) in [5.74, 6) is 1.20. The fourth-order valence-corrected chi connectivity index (χ4v) is 2.59. The van der Waals surface area contributed by atoms with Crippen LogP contribution in [0.1, 0.15) is 23.7 Å². The number of aromatic nitrogens is 2. The number of aryl methyl sites for hydroxylation is 1. The van der Waals surface area contributed by atoms with Crippen molar-refractivity contribution < 1.29 is 4.74 Å². The third-order valence-corrected chi connectivity index (χ3v) is 3.51. The van der Waals surface area contributed by atoms with E-state index in [1.165, 1.54) is 11.1 Å². The Bertz CT molecular complexity index is 642. The summed E-state index contributed by atoms with van der Waals surface area (Å²) in [5, 5.41) is 6.73. The van der Waals surface area contributed by atoms with Gasteiger partial charge < -0.3 is 15.4 Å². The number of nitrogens with one attached hydrogen (secondary N) is 2. The van der Waals surface area contributed by atoms with Crippen LogP contribution in [0.3, 0.4) is 0 Å². The summed E-state index contributed by atoms with van der Waals surface area (Å²) in [4.78, 5) is 8.85. The van der Waals surface area contributed by atoms with Crippen molar-refractivity contribution in [2.24, 2.45) is 0 Å². The highest BCUT2D eigenvalue weighted by molar-refractivity contribution is 5.61. The van der Waals surface area contributed by atoms with Crippen LogP contribution in [-0.2, 0) is 13.0 Å². The maximum Gasteiger partial charge on any atom is 0.230 e. The van der Waals surface area contributed by atoms with E-state index in [1.54, 1.807) is 0 Å². The van der Waals surface area contributed by atoms with Crippen molar-refractivity contribution in [2.45, 2.75) is 26.8 Å². The second-order valence-electron chi connectivity index (χ2n) is 5.10. The molecule has 0 bridgehead atoms. The van der Waals surface area contributed by atoms with Gasteiger partial charge in [0.15, 0.2) is 0 Å². The number of fused-ring (bicyclic) bond motifs is 1. The monoisotopic (exact) mass is 284 g/mol. The number of hydrogen-bond acceptors (Lipinski definition) is 5. The molecule has 1 aliphatic heterocycles. The number of nitrogens with zero attached hydrogens (tertiary/aromatic N) is 2. The third-order valence-electron chi connectivity index (χ3n) is 3.51. The van der Waals surface area contributed by atoms with E-state index < -0.39 is 0 Å². The van der Waals surface area contributed by atoms with E-state index in [4.69, 9.17) is 4.74 Å². The summed E-state index contributed by atoms with van der Waals surface area (Å²) in [7, 11) is 0. The predicted octanol–water partition coefficient (Wildman–Crippen LogP) is 2.57. The average Bonchev–Trinajstić information content (AvgIpc) is 2.47. The molecule has 0 spiro atoms. The number of anilines is 2. The van der Waals surface area contributed by atoms with Gasteiger partial charge in [0, 0.05) is 24.0 Å². The molecule has 0 saturated carbocycles. The van der Waals surface area contributed by atoms with E-state index in [-0.39, 0.29) is 0 Å². The van der Waals surface area contributed by atoms with Crippen LogP contribution in [0.25, 0.3) is 0 Å². The molecule has 1 aliphatic rings. The molecule has 0 fully saturated rings. The Labute approximate surface area is 124 Å². The quantitative estimate of drug-likeness (QED) is 0.903. The summed E-state index contributed by atoms with van der Waals surface area (Å²) in [6, 6.07) is 8.15. The van der Waals surface area contributed by atoms with Gasteiger partial charge in [0.1, 0.15) is 0 Å². The van der Waals surface area contributed by atoms with Crippen LogP contribution in [-0.4, -0.2) is 23.1 Å². The van der Waals surface area contributed by atoms with Crippen molar-refractivity contribution in [1.29, 1.82) is 0 Å². The predicted molar refractivity (Wildman–Crippen MR) is 83.1 cm³/mol. The lowest BCUT2D eigenvalue weighted by molar-refractivity contribution is 0.326. The minimum absolute atomic E-state index is 0.588. The first-order valence-corrected chi connectivity index (χ1v) is 7.33. The lowest BCUT2D eigenvalue weighted by Gasteiger charge is -2.20. The molecule has 0 unspecified atom stereocenters. The molecule has 0 saturated heterocycles. The van der Waals surface area contributed by atoms with Gasteiger partial charge in [0.25, 0.3) is 0 Å². The summed E-state index contributed by atoms with van der Waals surface area (Å²) in [6.45, 7) is 6.42. The molecule has 110 valence electrons. The zero-order valence-corrected chi connectivity index (χ0v) is 12.4. The van der Waals surface area contributed by atoms with E-state index in [9.17, 15) is 0 Å². The molecule has 1 aromatic heterocycles. The molecule has 0 radical (unpaired) electrons. The normalized spacial score (nSPS) is 13.6. The van der Waals surface area contributed by atoms with Crippen molar-refractivity contribution >= 4 is 11.6 Å². The molecule has 5 heteroatoms. The molecular formula is C16H20N4O. The van der Waals surface area contributed by atoms with Gasteiger partial charge in [-0.25, -0.2) is 4.98 Å². The van der Waals surface area contributed by atoms with Gasteiger partial charge in [0.2, 0.25) is 11.8 Å². The molecule has 3 rings (SSSR count). The lowest BCUT2D eigenvalue weighted by Crippen LogP contribution is -2.24. The fraction of sp³-hybridized carbons (Fsp3) is 0.375. The average molecular weight is 284 g/mol. The summed E-state index contributed by atoms with van der Waals surface area (Å²) in [6.07, 6.45) is 1.02. The Balaban J connectivity index is 1.90. The smallest absolute Gasteiger partial charge is 0.230 e. The minimum Gasteiger partial charge on any atom is -0.478 e. The molecule has 21 heavy (non-hydrogen) atoms. The minimum atomic E-state index is 0.588. The highest BCUT2D eigenvalue weighted by Crippen LogP contribution is 2.25. The van der Waals surface area contributed by atoms with Gasteiger partial charge in [-0.2, -0.15) is 4.98 Å². The van der Waals surface area contributed by atoms with Crippen molar-refractivity contribution in [2.75, 3.05) is 18.5 Å². The molecule has 5 nitrogen and oxygen atoms in total. The van der Waals surface area contributed by atoms with E-state index in [2.05, 4.69) is 38.8 Å². The standard InChI is InChI=1S/C16H20N4O/c1-3-21-15-9-11(2)18-16(20-15)19-14-6-4-5-12-10-17-8-7-13(12)14/h4-6,9,17H,3,7-8,10H2,1-2H3,(H,18,19,20). The first-order valence-electron chi connectivity index (χ1n) is 7.33. The summed E-state index contributed by atoms with van der Waals surface area (Å²) >= 11 is 0. The maximum absolute atomic E-state index is 5.48. The van der Waals surface area contributed by atoms with Crippen molar-refractivity contribution in [3.63, 3.8) is 0 Å². The number of benzene rings is 1. The van der Waals surface area contributed by atoms with E-state index in [0.29, 0.717) is 18.4 Å². The van der Waals surface area contributed by atoms with E-state index in [1.807, 2.05) is 19.9 Å². The molecule has 1 aromatic carbocycles. The van der Waals surface area contributed by atoms with Gasteiger partial charge >= 0.3 is 0 Å². The van der Waals surface area contributed by atoms with Crippen LogP contribution in [0.4, 0.5) is 11.6 Å². The number of hydrogen-bond donors (Lipinski definition) is 2. The maximum atomic E-state index is 5.48. The summed E-state index contributed by atoms with van der Waals surface area (Å²) in [5.41, 5.74) is 4.66. The van der Waals surface area contributed by atoms with Crippen molar-refractivity contribution in [3.05, 3.63) is 41.1 Å². The van der Waals surface area contributed by atoms with Crippen molar-refractivity contribution in [3.8, 4) is 5.88 Å². The first-order chi connectivity index (χ1) is 10.3. The molecule has 2 aromatic rings. The Morgan fingerprint density at radius 3 is 3.10 bits per heavy atom. The van der Waals surface area contributed by atoms with Crippen molar-refractivity contribution in [1.82, 2.24) is 15.3 Å². The van der Waals surface area contributed by atoms with Crippen LogP contribution >= 0.6 is 0 Å². The van der Waals surface area contributed by atoms with E-state index >= 15 is 0 Å². The Morgan fingerprint density at radius 2 is 2.24 bits per heavy atom. The zero-order valence-electron chi connectivity index (χ0n) is 12.4. The number of rotatable bonds is 4. The van der Waals surface area contributed by atoms with Crippen LogP contribution in [0.2, 0.25) is 0 Å². The van der Waals surface area contributed by atoms with Gasteiger partial charge in [-0.1, -0.05) is 12.1 Å².